The van der Waals surface area contributed by atoms with E-state index in [2.05, 4.69) is 11.8 Å². The zero-order valence-corrected chi connectivity index (χ0v) is 10.1. The van der Waals surface area contributed by atoms with E-state index in [1.165, 1.54) is 6.08 Å². The van der Waals surface area contributed by atoms with Crippen LogP contribution < -0.4 is 0 Å². The predicted molar refractivity (Wildman–Crippen MR) is 73.6 cm³/mol. The van der Waals surface area contributed by atoms with Gasteiger partial charge in [0, 0.05) is 5.56 Å². The first-order chi connectivity index (χ1) is 9.28. The molecule has 19 heavy (non-hydrogen) atoms. The van der Waals surface area contributed by atoms with Crippen molar-refractivity contribution < 1.29 is 4.39 Å². The Kier molecular flexibility index (Phi) is 4.11. The zero-order chi connectivity index (χ0) is 13.5. The van der Waals surface area contributed by atoms with E-state index in [0.29, 0.717) is 11.1 Å². The van der Waals surface area contributed by atoms with E-state index in [-0.39, 0.29) is 0 Å². The maximum absolute atomic E-state index is 13.6. The van der Waals surface area contributed by atoms with Gasteiger partial charge in [0.1, 0.15) is 0 Å². The lowest BCUT2D eigenvalue weighted by Gasteiger charge is -1.92. The van der Waals surface area contributed by atoms with Crippen molar-refractivity contribution in [2.45, 2.75) is 0 Å². The molecule has 0 atom stereocenters. The molecule has 0 saturated carbocycles. The van der Waals surface area contributed by atoms with Crippen LogP contribution in [-0.4, -0.2) is 0 Å². The molecule has 2 aromatic rings. The average Bonchev–Trinajstić information content (AvgIpc) is 2.47. The van der Waals surface area contributed by atoms with E-state index in [4.69, 9.17) is 5.26 Å². The SMILES string of the molecule is N#Cc1ccc(/C=C(/F)C#Cc2ccccc2)cc1. The Labute approximate surface area is 111 Å². The normalized spacial score (nSPS) is 10.2. The smallest absolute Gasteiger partial charge is 0.174 e. The fraction of sp³-hybridized carbons (Fsp3) is 0. The van der Waals surface area contributed by atoms with Gasteiger partial charge in [-0.3, -0.25) is 0 Å². The minimum atomic E-state index is -0.506. The molecule has 0 aliphatic carbocycles. The third-order valence-corrected chi connectivity index (χ3v) is 2.43. The summed E-state index contributed by atoms with van der Waals surface area (Å²) in [5.74, 6) is 4.69. The van der Waals surface area contributed by atoms with Crippen LogP contribution in [0.2, 0.25) is 0 Å². The number of nitrogens with zero attached hydrogens (tertiary/aromatic N) is 1. The third-order valence-electron chi connectivity index (χ3n) is 2.43. The van der Waals surface area contributed by atoms with Gasteiger partial charge >= 0.3 is 0 Å². The van der Waals surface area contributed by atoms with Gasteiger partial charge in [0.15, 0.2) is 5.83 Å². The Balaban J connectivity index is 2.15. The molecule has 1 nitrogen and oxygen atoms in total. The second-order valence-electron chi connectivity index (χ2n) is 3.84. The van der Waals surface area contributed by atoms with Gasteiger partial charge in [-0.2, -0.15) is 9.65 Å². The van der Waals surface area contributed by atoms with Crippen LogP contribution in [-0.2, 0) is 0 Å². The standard InChI is InChI=1S/C17H10FN/c18-17(11-10-14-4-2-1-3-5-14)12-15-6-8-16(13-19)9-7-15/h1-9,12H/b17-12+. The molecule has 0 saturated heterocycles. The highest BCUT2D eigenvalue weighted by Crippen LogP contribution is 2.09. The Morgan fingerprint density at radius 3 is 2.26 bits per heavy atom. The molecule has 0 aliphatic heterocycles. The Morgan fingerprint density at radius 2 is 1.63 bits per heavy atom. The molecule has 0 unspecified atom stereocenters. The van der Waals surface area contributed by atoms with Crippen molar-refractivity contribution in [2.75, 3.05) is 0 Å². The van der Waals surface area contributed by atoms with E-state index >= 15 is 0 Å². The predicted octanol–water partition coefficient (Wildman–Crippen LogP) is 3.92. The second kappa shape index (κ2) is 6.19. The Bertz CT molecular complexity index is 680. The van der Waals surface area contributed by atoms with Crippen LogP contribution in [0.15, 0.2) is 60.4 Å². The number of allylic oxidation sites excluding steroid dienone is 1. The van der Waals surface area contributed by atoms with Gasteiger partial charge in [0.2, 0.25) is 0 Å². The number of rotatable bonds is 1. The van der Waals surface area contributed by atoms with Crippen LogP contribution >= 0.6 is 0 Å². The molecule has 0 aliphatic rings. The fourth-order valence-corrected chi connectivity index (χ4v) is 1.49. The third kappa shape index (κ3) is 3.84. The van der Waals surface area contributed by atoms with Crippen molar-refractivity contribution in [3.05, 3.63) is 77.1 Å². The van der Waals surface area contributed by atoms with Crippen LogP contribution in [0.3, 0.4) is 0 Å². The lowest BCUT2D eigenvalue weighted by atomic mass is 10.1. The van der Waals surface area contributed by atoms with E-state index in [9.17, 15) is 4.39 Å². The van der Waals surface area contributed by atoms with Gasteiger partial charge in [-0.05, 0) is 41.8 Å². The molecule has 0 heterocycles. The Hall–Kier alpha value is -2.84. The summed E-state index contributed by atoms with van der Waals surface area (Å²) in [6.07, 6.45) is 1.34. The van der Waals surface area contributed by atoms with Crippen LogP contribution in [0, 0.1) is 23.2 Å². The van der Waals surface area contributed by atoms with Crippen molar-refractivity contribution >= 4 is 6.08 Å². The first-order valence-electron chi connectivity index (χ1n) is 5.72. The van der Waals surface area contributed by atoms with Crippen molar-refractivity contribution in [1.82, 2.24) is 0 Å². The van der Waals surface area contributed by atoms with Crippen molar-refractivity contribution in [1.29, 1.82) is 5.26 Å². The quantitative estimate of drug-likeness (QED) is 0.701. The average molecular weight is 247 g/mol. The first-order valence-corrected chi connectivity index (χ1v) is 5.72. The highest BCUT2D eigenvalue weighted by molar-refractivity contribution is 5.57. The van der Waals surface area contributed by atoms with Crippen LogP contribution in [0.1, 0.15) is 16.7 Å². The highest BCUT2D eigenvalue weighted by atomic mass is 19.1. The Morgan fingerprint density at radius 1 is 0.947 bits per heavy atom. The molecule has 90 valence electrons. The lowest BCUT2D eigenvalue weighted by molar-refractivity contribution is 0.683. The van der Waals surface area contributed by atoms with Gasteiger partial charge in [0.05, 0.1) is 11.6 Å². The summed E-state index contributed by atoms with van der Waals surface area (Å²) in [7, 11) is 0. The topological polar surface area (TPSA) is 23.8 Å². The molecular formula is C17H10FN. The van der Waals surface area contributed by atoms with Gasteiger partial charge in [-0.15, -0.1) is 0 Å². The molecule has 0 bridgehead atoms. The number of benzene rings is 2. The summed E-state index contributed by atoms with van der Waals surface area (Å²) in [4.78, 5) is 0. The van der Waals surface area contributed by atoms with Crippen molar-refractivity contribution in [3.63, 3.8) is 0 Å². The molecule has 0 fully saturated rings. The van der Waals surface area contributed by atoms with Crippen LogP contribution in [0.4, 0.5) is 4.39 Å². The molecule has 2 rings (SSSR count). The molecule has 2 aromatic carbocycles. The van der Waals surface area contributed by atoms with Crippen LogP contribution in [0.25, 0.3) is 6.08 Å². The van der Waals surface area contributed by atoms with Crippen molar-refractivity contribution in [3.8, 4) is 17.9 Å². The molecule has 0 radical (unpaired) electrons. The van der Waals surface area contributed by atoms with Gasteiger partial charge in [-0.25, -0.2) is 0 Å². The molecule has 2 heteroatoms. The van der Waals surface area contributed by atoms with Gasteiger partial charge < -0.3 is 0 Å². The largest absolute Gasteiger partial charge is 0.197 e. The van der Waals surface area contributed by atoms with Gasteiger partial charge in [0.25, 0.3) is 0 Å². The summed E-state index contributed by atoms with van der Waals surface area (Å²) in [6, 6.07) is 17.9. The van der Waals surface area contributed by atoms with E-state index in [1.807, 2.05) is 36.4 Å². The van der Waals surface area contributed by atoms with E-state index < -0.39 is 5.83 Å². The summed E-state index contributed by atoms with van der Waals surface area (Å²) in [6.45, 7) is 0. The number of hydrogen-bond donors (Lipinski definition) is 0. The van der Waals surface area contributed by atoms with Crippen LogP contribution in [0.5, 0.6) is 0 Å². The second-order valence-corrected chi connectivity index (χ2v) is 3.84. The maximum Gasteiger partial charge on any atom is 0.174 e. The maximum atomic E-state index is 13.6. The lowest BCUT2D eigenvalue weighted by Crippen LogP contribution is -1.77. The highest BCUT2D eigenvalue weighted by Gasteiger charge is 1.93. The number of halogens is 1. The molecule has 0 N–H and O–H groups in total. The summed E-state index contributed by atoms with van der Waals surface area (Å²) >= 11 is 0. The fourth-order valence-electron chi connectivity index (χ4n) is 1.49. The number of hydrogen-bond acceptors (Lipinski definition) is 1. The minimum Gasteiger partial charge on any atom is -0.197 e. The molecule has 0 spiro atoms. The summed E-state index contributed by atoms with van der Waals surface area (Å²) in [5.41, 5.74) is 2.00. The van der Waals surface area contributed by atoms with E-state index in [0.717, 1.165) is 5.56 Å². The molecule has 0 aromatic heterocycles. The van der Waals surface area contributed by atoms with Gasteiger partial charge in [-0.1, -0.05) is 36.3 Å². The molecular weight excluding hydrogens is 237 g/mol. The van der Waals surface area contributed by atoms with E-state index in [1.54, 1.807) is 24.3 Å². The van der Waals surface area contributed by atoms with Crippen molar-refractivity contribution in [2.24, 2.45) is 0 Å². The number of nitriles is 1. The summed E-state index contributed by atoms with van der Waals surface area (Å²) in [5, 5.41) is 8.66. The monoisotopic (exact) mass is 247 g/mol. The minimum absolute atomic E-state index is 0.506. The molecule has 0 amide bonds. The summed E-state index contributed by atoms with van der Waals surface area (Å²) < 4.78 is 13.6. The first kappa shape index (κ1) is 12.6. The zero-order valence-electron chi connectivity index (χ0n) is 10.1.